The number of nitrogens with zero attached hydrogens (tertiary/aromatic N) is 1. The van der Waals surface area contributed by atoms with Gasteiger partial charge in [0, 0.05) is 11.8 Å². The zero-order chi connectivity index (χ0) is 13.3. The molecule has 2 heterocycles. The van der Waals surface area contributed by atoms with E-state index in [1.807, 2.05) is 6.92 Å². The van der Waals surface area contributed by atoms with Crippen LogP contribution in [0, 0.1) is 11.7 Å². The zero-order valence-electron chi connectivity index (χ0n) is 10.5. The number of aryl methyl sites for hydroxylation is 1. The lowest BCUT2D eigenvalue weighted by atomic mass is 10.00. The van der Waals surface area contributed by atoms with E-state index in [2.05, 4.69) is 4.98 Å². The van der Waals surface area contributed by atoms with Crippen LogP contribution in [-0.4, -0.2) is 33.5 Å². The summed E-state index contributed by atoms with van der Waals surface area (Å²) >= 11 is 5.15. The maximum Gasteiger partial charge on any atom is 0.254 e. The Kier molecular flexibility index (Phi) is 3.99. The zero-order valence-corrected chi connectivity index (χ0v) is 11.4. The number of aliphatic hydroxyl groups excluding tert-OH is 1. The van der Waals surface area contributed by atoms with Crippen LogP contribution in [0.5, 0.6) is 0 Å². The highest BCUT2D eigenvalue weighted by molar-refractivity contribution is 7.71. The first kappa shape index (κ1) is 13.5. The molecule has 3 unspecified atom stereocenters. The first-order valence-corrected chi connectivity index (χ1v) is 6.55. The first-order chi connectivity index (χ1) is 8.52. The van der Waals surface area contributed by atoms with E-state index in [1.165, 1.54) is 0 Å². The van der Waals surface area contributed by atoms with E-state index in [0.29, 0.717) is 23.4 Å². The van der Waals surface area contributed by atoms with Crippen molar-refractivity contribution >= 4 is 12.2 Å². The van der Waals surface area contributed by atoms with Gasteiger partial charge in [-0.05, 0) is 32.0 Å². The smallest absolute Gasteiger partial charge is 0.254 e. The van der Waals surface area contributed by atoms with Gasteiger partial charge in [-0.2, -0.15) is 0 Å². The topological polar surface area (TPSA) is 67.2 Å². The molecule has 3 atom stereocenters. The molecule has 1 aromatic rings. The quantitative estimate of drug-likeness (QED) is 0.795. The molecule has 0 amide bonds. The van der Waals surface area contributed by atoms with E-state index in [0.717, 1.165) is 6.42 Å². The van der Waals surface area contributed by atoms with Crippen LogP contribution in [0.4, 0.5) is 0 Å². The van der Waals surface area contributed by atoms with Crippen LogP contribution in [0.2, 0.25) is 0 Å². The largest absolute Gasteiger partial charge is 0.390 e. The van der Waals surface area contributed by atoms with Gasteiger partial charge in [-0.15, -0.1) is 0 Å². The SMILES string of the molecule is CCC1OCC(n2cc(C)c(=O)[nH]c2=S)CC1O. The summed E-state index contributed by atoms with van der Waals surface area (Å²) in [5.41, 5.74) is 0.440. The standard InChI is InChI=1S/C12H18N2O3S/c1-3-10-9(15)4-8(6-17-10)14-5-7(2)11(16)13-12(14)18/h5,8-10,15H,3-4,6H2,1-2H3,(H,13,16,18). The monoisotopic (exact) mass is 270 g/mol. The Morgan fingerprint density at radius 3 is 3.00 bits per heavy atom. The van der Waals surface area contributed by atoms with Gasteiger partial charge in [0.2, 0.25) is 0 Å². The molecule has 0 bridgehead atoms. The average molecular weight is 270 g/mol. The molecule has 2 N–H and O–H groups in total. The number of aliphatic hydroxyl groups is 1. The Morgan fingerprint density at radius 2 is 2.39 bits per heavy atom. The number of hydrogen-bond acceptors (Lipinski definition) is 4. The van der Waals surface area contributed by atoms with Crippen molar-refractivity contribution in [1.82, 2.24) is 9.55 Å². The van der Waals surface area contributed by atoms with Crippen molar-refractivity contribution < 1.29 is 9.84 Å². The van der Waals surface area contributed by atoms with Gasteiger partial charge in [-0.25, -0.2) is 0 Å². The molecule has 1 aliphatic heterocycles. The summed E-state index contributed by atoms with van der Waals surface area (Å²) in [7, 11) is 0. The fourth-order valence-corrected chi connectivity index (χ4v) is 2.58. The molecule has 1 fully saturated rings. The van der Waals surface area contributed by atoms with Gasteiger partial charge in [-0.3, -0.25) is 9.78 Å². The maximum absolute atomic E-state index is 11.4. The van der Waals surface area contributed by atoms with Gasteiger partial charge < -0.3 is 14.4 Å². The van der Waals surface area contributed by atoms with E-state index in [4.69, 9.17) is 17.0 Å². The normalized spacial score (nSPS) is 28.3. The fourth-order valence-electron chi connectivity index (χ4n) is 2.29. The molecule has 1 aliphatic rings. The number of nitrogens with one attached hydrogen (secondary N) is 1. The van der Waals surface area contributed by atoms with Crippen LogP contribution in [0.25, 0.3) is 0 Å². The molecule has 2 rings (SSSR count). The Labute approximate surface area is 110 Å². The number of ether oxygens (including phenoxy) is 1. The fraction of sp³-hybridized carbons (Fsp3) is 0.667. The predicted octanol–water partition coefficient (Wildman–Crippen LogP) is 1.32. The van der Waals surface area contributed by atoms with Crippen molar-refractivity contribution in [2.24, 2.45) is 0 Å². The lowest BCUT2D eigenvalue weighted by molar-refractivity contribution is -0.0954. The van der Waals surface area contributed by atoms with Gasteiger partial charge >= 0.3 is 0 Å². The number of rotatable bonds is 2. The lowest BCUT2D eigenvalue weighted by Gasteiger charge is -2.34. The minimum Gasteiger partial charge on any atom is -0.390 e. The van der Waals surface area contributed by atoms with Crippen molar-refractivity contribution in [2.45, 2.75) is 44.9 Å². The molecule has 0 radical (unpaired) electrons. The minimum atomic E-state index is -0.483. The molecule has 100 valence electrons. The van der Waals surface area contributed by atoms with Crippen LogP contribution >= 0.6 is 12.2 Å². The van der Waals surface area contributed by atoms with Crippen molar-refractivity contribution in [2.75, 3.05) is 6.61 Å². The van der Waals surface area contributed by atoms with Crippen LogP contribution < -0.4 is 5.56 Å². The Balaban J connectivity index is 2.26. The molecule has 18 heavy (non-hydrogen) atoms. The van der Waals surface area contributed by atoms with Crippen LogP contribution in [-0.2, 0) is 4.74 Å². The molecule has 0 spiro atoms. The third kappa shape index (κ3) is 2.55. The Bertz CT molecular complexity index is 537. The molecule has 6 heteroatoms. The van der Waals surface area contributed by atoms with Crippen molar-refractivity contribution in [3.8, 4) is 0 Å². The lowest BCUT2D eigenvalue weighted by Crippen LogP contribution is -2.39. The molecule has 0 saturated carbocycles. The van der Waals surface area contributed by atoms with E-state index >= 15 is 0 Å². The second-order valence-corrected chi connectivity index (χ2v) is 5.10. The second kappa shape index (κ2) is 5.34. The van der Waals surface area contributed by atoms with Crippen molar-refractivity contribution in [3.05, 3.63) is 26.9 Å². The minimum absolute atomic E-state index is 0.0224. The van der Waals surface area contributed by atoms with Crippen LogP contribution in [0.1, 0.15) is 31.4 Å². The van der Waals surface area contributed by atoms with E-state index in [-0.39, 0.29) is 17.7 Å². The highest BCUT2D eigenvalue weighted by atomic mass is 32.1. The van der Waals surface area contributed by atoms with Crippen molar-refractivity contribution in [3.63, 3.8) is 0 Å². The van der Waals surface area contributed by atoms with Gasteiger partial charge in [0.1, 0.15) is 0 Å². The summed E-state index contributed by atoms with van der Waals surface area (Å²) in [5.74, 6) is 0. The molecule has 1 saturated heterocycles. The van der Waals surface area contributed by atoms with Crippen molar-refractivity contribution in [1.29, 1.82) is 0 Å². The Hall–Kier alpha value is -0.980. The summed E-state index contributed by atoms with van der Waals surface area (Å²) in [5, 5.41) is 9.97. The number of aromatic nitrogens is 2. The third-order valence-corrected chi connectivity index (χ3v) is 3.70. The number of hydrogen-bond donors (Lipinski definition) is 2. The average Bonchev–Trinajstić information content (AvgIpc) is 2.33. The summed E-state index contributed by atoms with van der Waals surface area (Å²) in [4.78, 5) is 14.1. The van der Waals surface area contributed by atoms with Gasteiger partial charge in [0.05, 0.1) is 24.9 Å². The highest BCUT2D eigenvalue weighted by Crippen LogP contribution is 2.25. The highest BCUT2D eigenvalue weighted by Gasteiger charge is 2.29. The summed E-state index contributed by atoms with van der Waals surface area (Å²) in [6, 6.07) is -0.0224. The van der Waals surface area contributed by atoms with Gasteiger partial charge in [-0.1, -0.05) is 6.92 Å². The number of aromatic amines is 1. The van der Waals surface area contributed by atoms with Crippen LogP contribution in [0.3, 0.4) is 0 Å². The van der Waals surface area contributed by atoms with E-state index < -0.39 is 6.10 Å². The molecule has 5 nitrogen and oxygen atoms in total. The first-order valence-electron chi connectivity index (χ1n) is 6.14. The second-order valence-electron chi connectivity index (χ2n) is 4.72. The maximum atomic E-state index is 11.4. The summed E-state index contributed by atoms with van der Waals surface area (Å²) in [6.45, 7) is 4.23. The van der Waals surface area contributed by atoms with Gasteiger partial charge in [0.15, 0.2) is 4.77 Å². The molecular formula is C12H18N2O3S. The predicted molar refractivity (Wildman–Crippen MR) is 70.3 cm³/mol. The van der Waals surface area contributed by atoms with Crippen LogP contribution in [0.15, 0.2) is 11.0 Å². The molecule has 0 aromatic carbocycles. The third-order valence-electron chi connectivity index (χ3n) is 3.39. The van der Waals surface area contributed by atoms with Gasteiger partial charge in [0.25, 0.3) is 5.56 Å². The van der Waals surface area contributed by atoms with E-state index in [9.17, 15) is 9.90 Å². The molecule has 1 aromatic heterocycles. The summed E-state index contributed by atoms with van der Waals surface area (Å²) in [6.07, 6.45) is 2.54. The molecular weight excluding hydrogens is 252 g/mol. The van der Waals surface area contributed by atoms with E-state index in [1.54, 1.807) is 17.7 Å². The molecule has 0 aliphatic carbocycles. The number of H-pyrrole nitrogens is 1. The Morgan fingerprint density at radius 1 is 1.67 bits per heavy atom. The summed E-state index contributed by atoms with van der Waals surface area (Å²) < 4.78 is 7.81.